The smallest absolute Gasteiger partial charge is 0.449 e. The van der Waals surface area contributed by atoms with Gasteiger partial charge in [0.05, 0.1) is 17.9 Å². The molecule has 2 amide bonds. The third kappa shape index (κ3) is 3.92. The summed E-state index contributed by atoms with van der Waals surface area (Å²) in [5, 5.41) is 26.4. The number of amides is 2. The number of hydrogen-bond acceptors (Lipinski definition) is 8. The van der Waals surface area contributed by atoms with Gasteiger partial charge in [0.2, 0.25) is 17.7 Å². The highest BCUT2D eigenvalue weighted by atomic mass is 32.2. The van der Waals surface area contributed by atoms with E-state index in [-0.39, 0.29) is 28.8 Å². The van der Waals surface area contributed by atoms with E-state index in [4.69, 9.17) is 15.3 Å². The third-order valence-electron chi connectivity index (χ3n) is 5.10. The van der Waals surface area contributed by atoms with Crippen LogP contribution in [0.5, 0.6) is 0 Å². The van der Waals surface area contributed by atoms with Crippen LogP contribution in [0.2, 0.25) is 0 Å². The SMILES string of the molecule is CC(=N)N1CC(SC2=C(OC(=O)O)N3C(=O)[C@H]([C@@H](C)O)[C@H]3S2)CC1C(=O)N(C)C. The van der Waals surface area contributed by atoms with Gasteiger partial charge in [-0.15, -0.1) is 11.8 Å². The molecular formula is C17H24N4O6S2. The zero-order valence-electron chi connectivity index (χ0n) is 16.5. The molecule has 0 aromatic rings. The lowest BCUT2D eigenvalue weighted by molar-refractivity contribution is -0.155. The number of aliphatic hydroxyl groups is 1. The van der Waals surface area contributed by atoms with Gasteiger partial charge in [0.25, 0.3) is 0 Å². The van der Waals surface area contributed by atoms with Crippen LogP contribution in [-0.2, 0) is 14.3 Å². The molecule has 0 bridgehead atoms. The molecule has 2 saturated heterocycles. The summed E-state index contributed by atoms with van der Waals surface area (Å²) >= 11 is 2.65. The van der Waals surface area contributed by atoms with Crippen molar-refractivity contribution in [2.45, 2.75) is 43.0 Å². The molecule has 10 nitrogen and oxygen atoms in total. The van der Waals surface area contributed by atoms with Gasteiger partial charge in [-0.2, -0.15) is 0 Å². The average molecular weight is 445 g/mol. The highest BCUT2D eigenvalue weighted by Gasteiger charge is 2.58. The Morgan fingerprint density at radius 1 is 1.41 bits per heavy atom. The van der Waals surface area contributed by atoms with Crippen molar-refractivity contribution in [3.05, 3.63) is 10.1 Å². The number of rotatable bonds is 5. The number of carboxylic acid groups (broad SMARTS) is 1. The predicted molar refractivity (Wildman–Crippen MR) is 108 cm³/mol. The monoisotopic (exact) mass is 444 g/mol. The van der Waals surface area contributed by atoms with Crippen molar-refractivity contribution in [1.29, 1.82) is 5.41 Å². The van der Waals surface area contributed by atoms with E-state index in [2.05, 4.69) is 0 Å². The largest absolute Gasteiger partial charge is 0.512 e. The number of likely N-dealkylation sites (N-methyl/N-ethyl adjacent to an activating group) is 1. The summed E-state index contributed by atoms with van der Waals surface area (Å²) in [5.41, 5.74) is 0. The second kappa shape index (κ2) is 8.07. The summed E-state index contributed by atoms with van der Waals surface area (Å²) in [5.74, 6) is -0.815. The molecule has 5 atom stereocenters. The van der Waals surface area contributed by atoms with E-state index in [1.165, 1.54) is 40.2 Å². The lowest BCUT2D eigenvalue weighted by Gasteiger charge is -2.43. The lowest BCUT2D eigenvalue weighted by atomic mass is 9.93. The van der Waals surface area contributed by atoms with Gasteiger partial charge in [-0.05, 0) is 20.3 Å². The number of nitrogens with one attached hydrogen (secondary N) is 1. The summed E-state index contributed by atoms with van der Waals surface area (Å²) in [6.07, 6.45) is -1.88. The molecule has 0 aromatic carbocycles. The highest BCUT2D eigenvalue weighted by Crippen LogP contribution is 2.55. The summed E-state index contributed by atoms with van der Waals surface area (Å²) in [4.78, 5) is 40.5. The first kappa shape index (κ1) is 21.8. The lowest BCUT2D eigenvalue weighted by Crippen LogP contribution is -2.60. The van der Waals surface area contributed by atoms with Gasteiger partial charge in [0.1, 0.15) is 15.7 Å². The van der Waals surface area contributed by atoms with Crippen LogP contribution in [0, 0.1) is 11.3 Å². The minimum Gasteiger partial charge on any atom is -0.449 e. The topological polar surface area (TPSA) is 134 Å². The highest BCUT2D eigenvalue weighted by molar-refractivity contribution is 8.23. The van der Waals surface area contributed by atoms with Crippen molar-refractivity contribution >= 4 is 47.3 Å². The summed E-state index contributed by atoms with van der Waals surface area (Å²) in [7, 11) is 3.34. The summed E-state index contributed by atoms with van der Waals surface area (Å²) in [6.45, 7) is 3.61. The van der Waals surface area contributed by atoms with Crippen molar-refractivity contribution in [3.63, 3.8) is 0 Å². The molecule has 3 aliphatic heterocycles. The molecule has 29 heavy (non-hydrogen) atoms. The number of carbonyl (C=O) groups excluding carboxylic acids is 2. The van der Waals surface area contributed by atoms with Crippen LogP contribution in [0.25, 0.3) is 0 Å². The first-order chi connectivity index (χ1) is 13.5. The number of β-lactam (4-membered cyclic amide) rings is 1. The quantitative estimate of drug-likeness (QED) is 0.245. The van der Waals surface area contributed by atoms with E-state index in [0.29, 0.717) is 17.2 Å². The minimum absolute atomic E-state index is 0.0279. The molecule has 3 heterocycles. The van der Waals surface area contributed by atoms with E-state index in [0.717, 1.165) is 0 Å². The Kier molecular flexibility index (Phi) is 6.06. The van der Waals surface area contributed by atoms with E-state index < -0.39 is 29.6 Å². The number of thioether (sulfide) groups is 2. The Morgan fingerprint density at radius 2 is 2.07 bits per heavy atom. The van der Waals surface area contributed by atoms with Crippen LogP contribution < -0.4 is 0 Å². The summed E-state index contributed by atoms with van der Waals surface area (Å²) < 4.78 is 5.44. The van der Waals surface area contributed by atoms with Crippen molar-refractivity contribution in [2.24, 2.45) is 5.92 Å². The number of likely N-dealkylation sites (tertiary alicyclic amines) is 1. The fourth-order valence-corrected chi connectivity index (χ4v) is 6.96. The van der Waals surface area contributed by atoms with Gasteiger partial charge in [-0.1, -0.05) is 11.8 Å². The van der Waals surface area contributed by atoms with Gasteiger partial charge in [-0.25, -0.2) is 4.79 Å². The molecule has 3 N–H and O–H groups in total. The van der Waals surface area contributed by atoms with E-state index in [1.54, 1.807) is 25.9 Å². The van der Waals surface area contributed by atoms with Crippen molar-refractivity contribution in [1.82, 2.24) is 14.7 Å². The first-order valence-electron chi connectivity index (χ1n) is 9.05. The molecule has 0 aliphatic carbocycles. The third-order valence-corrected chi connectivity index (χ3v) is 7.88. The maximum absolute atomic E-state index is 12.5. The number of nitrogens with zero attached hydrogens (tertiary/aromatic N) is 3. The van der Waals surface area contributed by atoms with Gasteiger partial charge in [-0.3, -0.25) is 19.9 Å². The number of fused-ring (bicyclic) bond motifs is 1. The average Bonchev–Trinajstić information content (AvgIpc) is 3.13. The van der Waals surface area contributed by atoms with Crippen LogP contribution in [0.3, 0.4) is 0 Å². The molecule has 3 rings (SSSR count). The normalized spacial score (nSPS) is 29.5. The Morgan fingerprint density at radius 3 is 2.59 bits per heavy atom. The van der Waals surface area contributed by atoms with Crippen molar-refractivity contribution in [3.8, 4) is 0 Å². The molecule has 2 fully saturated rings. The molecule has 160 valence electrons. The maximum Gasteiger partial charge on any atom is 0.512 e. The fraction of sp³-hybridized carbons (Fsp3) is 0.647. The fourth-order valence-electron chi connectivity index (χ4n) is 3.72. The van der Waals surface area contributed by atoms with Gasteiger partial charge < -0.3 is 24.7 Å². The molecule has 12 heteroatoms. The molecule has 3 aliphatic rings. The Labute approximate surface area is 176 Å². The molecule has 0 saturated carbocycles. The van der Waals surface area contributed by atoms with E-state index >= 15 is 0 Å². The predicted octanol–water partition coefficient (Wildman–Crippen LogP) is 0.981. The Hall–Kier alpha value is -1.92. The summed E-state index contributed by atoms with van der Waals surface area (Å²) in [6, 6.07) is -0.459. The van der Waals surface area contributed by atoms with Crippen LogP contribution in [0.15, 0.2) is 10.1 Å². The molecule has 2 unspecified atom stereocenters. The Bertz CT molecular complexity index is 786. The number of hydrogen-bond donors (Lipinski definition) is 3. The zero-order chi connectivity index (χ0) is 21.6. The van der Waals surface area contributed by atoms with Gasteiger partial charge in [0, 0.05) is 25.9 Å². The maximum atomic E-state index is 12.5. The van der Waals surface area contributed by atoms with Gasteiger partial charge >= 0.3 is 6.16 Å². The molecule has 0 radical (unpaired) electrons. The number of aliphatic hydroxyl groups excluding tert-OH is 1. The molecule has 0 spiro atoms. The standard InChI is InChI=1S/C17H24N4O6S2/c1-7(22)11-13(24)21-14(27-17(25)26)16(29-15(11)21)28-9-5-10(12(23)19(3)4)20(6-9)8(2)18/h7,9-11,15,18,22H,5-6H2,1-4H3,(H,25,26)/t7-,9?,10?,11+,15-/m1/s1. The van der Waals surface area contributed by atoms with E-state index in [9.17, 15) is 19.5 Å². The molecular weight excluding hydrogens is 420 g/mol. The molecule has 0 aromatic heterocycles. The second-order valence-electron chi connectivity index (χ2n) is 7.41. The van der Waals surface area contributed by atoms with Crippen LogP contribution in [-0.4, -0.2) is 92.1 Å². The number of ether oxygens (including phenoxy) is 1. The Balaban J connectivity index is 1.80. The first-order valence-corrected chi connectivity index (χ1v) is 10.8. The number of amidine groups is 1. The van der Waals surface area contributed by atoms with Crippen LogP contribution in [0.4, 0.5) is 4.79 Å². The van der Waals surface area contributed by atoms with Gasteiger partial charge in [0.15, 0.2) is 0 Å². The van der Waals surface area contributed by atoms with E-state index in [1.807, 2.05) is 0 Å². The van der Waals surface area contributed by atoms with Crippen molar-refractivity contribution < 1.29 is 29.3 Å². The minimum atomic E-state index is -1.52. The van der Waals surface area contributed by atoms with Crippen LogP contribution in [0.1, 0.15) is 20.3 Å². The van der Waals surface area contributed by atoms with Crippen LogP contribution >= 0.6 is 23.5 Å². The number of carbonyl (C=O) groups is 3. The zero-order valence-corrected chi connectivity index (χ0v) is 18.1. The van der Waals surface area contributed by atoms with Crippen molar-refractivity contribution in [2.75, 3.05) is 20.6 Å². The second-order valence-corrected chi connectivity index (χ2v) is 10.1.